The Morgan fingerprint density at radius 1 is 1.00 bits per heavy atom. The summed E-state index contributed by atoms with van der Waals surface area (Å²) in [5.74, 6) is 1.39. The molecule has 2 aromatic rings. The number of nitrogens with zero attached hydrogens (tertiary/aromatic N) is 2. The largest absolute Gasteiger partial charge is 0.493 e. The Labute approximate surface area is 169 Å². The molecule has 0 radical (unpaired) electrons. The van der Waals surface area contributed by atoms with Crippen LogP contribution >= 0.6 is 12.2 Å². The molecule has 1 saturated heterocycles. The summed E-state index contributed by atoms with van der Waals surface area (Å²) in [6.07, 6.45) is 1.77. The van der Waals surface area contributed by atoms with Crippen LogP contribution in [0.1, 0.15) is 11.1 Å². The van der Waals surface area contributed by atoms with Gasteiger partial charge in [0.2, 0.25) is 5.75 Å². The second-order valence-corrected chi connectivity index (χ2v) is 6.57. The number of thiocarbonyl (C=S) groups is 1. The summed E-state index contributed by atoms with van der Waals surface area (Å²) in [6.45, 7) is 0.426. The Balaban J connectivity index is 1.96. The van der Waals surface area contributed by atoms with Crippen LogP contribution in [0.2, 0.25) is 0 Å². The van der Waals surface area contributed by atoms with Crippen molar-refractivity contribution in [2.45, 2.75) is 6.54 Å². The van der Waals surface area contributed by atoms with Gasteiger partial charge >= 0.3 is 0 Å². The molecule has 0 atom stereocenters. The van der Waals surface area contributed by atoms with Gasteiger partial charge in [-0.2, -0.15) is 0 Å². The van der Waals surface area contributed by atoms with Gasteiger partial charge in [0.1, 0.15) is 5.70 Å². The molecule has 1 fully saturated rings. The first-order valence-electron chi connectivity index (χ1n) is 8.65. The molecule has 1 aliphatic rings. The highest BCUT2D eigenvalue weighted by Gasteiger charge is 2.35. The van der Waals surface area contributed by atoms with E-state index in [9.17, 15) is 4.79 Å². The van der Waals surface area contributed by atoms with Gasteiger partial charge in [-0.3, -0.25) is 9.69 Å². The summed E-state index contributed by atoms with van der Waals surface area (Å²) < 4.78 is 16.1. The van der Waals surface area contributed by atoms with E-state index in [1.54, 1.807) is 56.4 Å². The summed E-state index contributed by atoms with van der Waals surface area (Å²) in [5, 5.41) is 0.465. The fourth-order valence-corrected chi connectivity index (χ4v) is 3.31. The van der Waals surface area contributed by atoms with Gasteiger partial charge in [-0.1, -0.05) is 30.3 Å². The zero-order valence-electron chi connectivity index (χ0n) is 16.3. The van der Waals surface area contributed by atoms with E-state index in [0.29, 0.717) is 34.6 Å². The minimum absolute atomic E-state index is 0.148. The number of hydrogen-bond acceptors (Lipinski definition) is 5. The van der Waals surface area contributed by atoms with Gasteiger partial charge in [0.05, 0.1) is 27.9 Å². The molecule has 2 aromatic carbocycles. The lowest BCUT2D eigenvalue weighted by Crippen LogP contribution is -2.30. The van der Waals surface area contributed by atoms with Gasteiger partial charge in [0, 0.05) is 7.05 Å². The lowest BCUT2D eigenvalue weighted by atomic mass is 10.1. The Morgan fingerprint density at radius 2 is 1.61 bits per heavy atom. The predicted octanol–water partition coefficient (Wildman–Crippen LogP) is 3.31. The Bertz CT molecular complexity index is 902. The number of benzene rings is 2. The van der Waals surface area contributed by atoms with Crippen LogP contribution in [0.5, 0.6) is 17.2 Å². The molecule has 0 spiro atoms. The van der Waals surface area contributed by atoms with Crippen molar-refractivity contribution in [3.8, 4) is 17.2 Å². The SMILES string of the molecule is COc1cc(/C=C2/C(=O)N(Cc3ccccc3)C(=S)N2C)cc(OC)c1OC. The summed E-state index contributed by atoms with van der Waals surface area (Å²) >= 11 is 5.49. The average Bonchev–Trinajstić information content (AvgIpc) is 2.92. The van der Waals surface area contributed by atoms with Gasteiger partial charge in [0.25, 0.3) is 5.91 Å². The first-order chi connectivity index (χ1) is 13.5. The number of methoxy groups -OCH3 is 3. The Hall–Kier alpha value is -3.06. The molecule has 3 rings (SSSR count). The standard InChI is InChI=1S/C21H22N2O4S/c1-22-16(10-15-11-17(25-2)19(27-4)18(12-15)26-3)20(24)23(21(22)28)13-14-8-6-5-7-9-14/h5-12H,13H2,1-4H3/b16-10-. The maximum absolute atomic E-state index is 13.0. The third-order valence-electron chi connectivity index (χ3n) is 4.52. The molecule has 7 heteroatoms. The van der Waals surface area contributed by atoms with Crippen LogP contribution in [0, 0.1) is 0 Å². The normalized spacial score (nSPS) is 15.4. The molecule has 1 heterocycles. The number of likely N-dealkylation sites (N-methyl/N-ethyl adjacent to an activating group) is 1. The predicted molar refractivity (Wildman–Crippen MR) is 111 cm³/mol. The third kappa shape index (κ3) is 3.66. The molecule has 1 amide bonds. The molecule has 146 valence electrons. The van der Waals surface area contributed by atoms with Crippen LogP contribution in [0.3, 0.4) is 0 Å². The Morgan fingerprint density at radius 3 is 2.14 bits per heavy atom. The number of carbonyl (C=O) groups is 1. The highest BCUT2D eigenvalue weighted by Crippen LogP contribution is 2.39. The van der Waals surface area contributed by atoms with Crippen molar-refractivity contribution >= 4 is 29.3 Å². The van der Waals surface area contributed by atoms with Crippen LogP contribution in [0.15, 0.2) is 48.2 Å². The molecule has 0 unspecified atom stereocenters. The number of amides is 1. The highest BCUT2D eigenvalue weighted by atomic mass is 32.1. The van der Waals surface area contributed by atoms with E-state index >= 15 is 0 Å². The summed E-state index contributed by atoms with van der Waals surface area (Å²) in [4.78, 5) is 16.3. The zero-order valence-corrected chi connectivity index (χ0v) is 17.1. The molecule has 0 N–H and O–H groups in total. The van der Waals surface area contributed by atoms with E-state index in [1.807, 2.05) is 30.3 Å². The van der Waals surface area contributed by atoms with Gasteiger partial charge < -0.3 is 19.1 Å². The minimum Gasteiger partial charge on any atom is -0.493 e. The first kappa shape index (κ1) is 19.7. The van der Waals surface area contributed by atoms with E-state index in [2.05, 4.69) is 0 Å². The smallest absolute Gasteiger partial charge is 0.277 e. The maximum Gasteiger partial charge on any atom is 0.277 e. The quantitative estimate of drug-likeness (QED) is 0.550. The fraction of sp³-hybridized carbons (Fsp3) is 0.238. The number of ether oxygens (including phenoxy) is 3. The van der Waals surface area contributed by atoms with E-state index in [0.717, 1.165) is 11.1 Å². The van der Waals surface area contributed by atoms with Crippen molar-refractivity contribution in [1.29, 1.82) is 0 Å². The van der Waals surface area contributed by atoms with E-state index in [4.69, 9.17) is 26.4 Å². The van der Waals surface area contributed by atoms with Crippen molar-refractivity contribution in [2.75, 3.05) is 28.4 Å². The molecule has 0 bridgehead atoms. The summed E-state index contributed by atoms with van der Waals surface area (Å²) in [7, 11) is 6.44. The van der Waals surface area contributed by atoms with Crippen molar-refractivity contribution in [3.63, 3.8) is 0 Å². The van der Waals surface area contributed by atoms with E-state index < -0.39 is 0 Å². The lowest BCUT2D eigenvalue weighted by molar-refractivity contribution is -0.122. The fourth-order valence-electron chi connectivity index (χ4n) is 3.06. The number of rotatable bonds is 6. The average molecular weight is 398 g/mol. The lowest BCUT2D eigenvalue weighted by Gasteiger charge is -2.16. The molecule has 0 saturated carbocycles. The molecule has 28 heavy (non-hydrogen) atoms. The molecule has 0 aliphatic carbocycles. The number of carbonyl (C=O) groups excluding carboxylic acids is 1. The van der Waals surface area contributed by atoms with Crippen LogP contribution in [-0.2, 0) is 11.3 Å². The zero-order chi connectivity index (χ0) is 20.3. The van der Waals surface area contributed by atoms with E-state index in [1.165, 1.54) is 0 Å². The molecule has 6 nitrogen and oxygen atoms in total. The van der Waals surface area contributed by atoms with E-state index in [-0.39, 0.29) is 5.91 Å². The van der Waals surface area contributed by atoms with Gasteiger partial charge in [-0.25, -0.2) is 0 Å². The highest BCUT2D eigenvalue weighted by molar-refractivity contribution is 7.80. The minimum atomic E-state index is -0.148. The van der Waals surface area contributed by atoms with Crippen molar-refractivity contribution in [2.24, 2.45) is 0 Å². The van der Waals surface area contributed by atoms with Crippen molar-refractivity contribution in [3.05, 3.63) is 59.3 Å². The second-order valence-electron chi connectivity index (χ2n) is 6.21. The third-order valence-corrected chi connectivity index (χ3v) is 5.01. The van der Waals surface area contributed by atoms with Gasteiger partial charge in [-0.05, 0) is 41.6 Å². The second kappa shape index (κ2) is 8.31. The summed E-state index contributed by atoms with van der Waals surface area (Å²) in [6, 6.07) is 13.3. The van der Waals surface area contributed by atoms with Crippen LogP contribution in [0.4, 0.5) is 0 Å². The van der Waals surface area contributed by atoms with Gasteiger partial charge in [-0.15, -0.1) is 0 Å². The maximum atomic E-state index is 13.0. The topological polar surface area (TPSA) is 51.2 Å². The molecule has 0 aromatic heterocycles. The Kier molecular flexibility index (Phi) is 5.84. The van der Waals surface area contributed by atoms with Crippen LogP contribution in [0.25, 0.3) is 6.08 Å². The van der Waals surface area contributed by atoms with Crippen LogP contribution < -0.4 is 14.2 Å². The summed E-state index contributed by atoms with van der Waals surface area (Å²) in [5.41, 5.74) is 2.24. The molecular weight excluding hydrogens is 376 g/mol. The van der Waals surface area contributed by atoms with Crippen molar-refractivity contribution in [1.82, 2.24) is 9.80 Å². The van der Waals surface area contributed by atoms with Crippen LogP contribution in [-0.4, -0.2) is 49.2 Å². The molecular formula is C21H22N2O4S. The number of hydrogen-bond donors (Lipinski definition) is 0. The van der Waals surface area contributed by atoms with Crippen molar-refractivity contribution < 1.29 is 19.0 Å². The monoisotopic (exact) mass is 398 g/mol. The van der Waals surface area contributed by atoms with Gasteiger partial charge in [0.15, 0.2) is 16.6 Å². The first-order valence-corrected chi connectivity index (χ1v) is 9.06. The molecule has 1 aliphatic heterocycles.